The average Bonchev–Trinajstić information content (AvgIpc) is 2.88. The van der Waals surface area contributed by atoms with E-state index in [-0.39, 0.29) is 5.25 Å². The van der Waals surface area contributed by atoms with Gasteiger partial charge in [-0.05, 0) is 23.3 Å². The first-order chi connectivity index (χ1) is 10.7. The number of nitriles is 1. The number of nitrogen functional groups attached to an aromatic ring is 1. The molecule has 6 heteroatoms. The molecule has 2 N–H and O–H groups in total. The summed E-state index contributed by atoms with van der Waals surface area (Å²) in [6.45, 7) is 1.81. The van der Waals surface area contributed by atoms with Crippen molar-refractivity contribution >= 4 is 22.5 Å². The monoisotopic (exact) mass is 309 g/mol. The van der Waals surface area contributed by atoms with Crippen LogP contribution in [0.5, 0.6) is 0 Å². The third-order valence-electron chi connectivity index (χ3n) is 3.43. The smallest absolute Gasteiger partial charge is 0.211 e. The van der Waals surface area contributed by atoms with E-state index in [4.69, 9.17) is 11.1 Å². The van der Waals surface area contributed by atoms with Gasteiger partial charge >= 0.3 is 0 Å². The number of nitrogens with zero attached hydrogens (tertiary/aromatic N) is 4. The van der Waals surface area contributed by atoms with Crippen LogP contribution in [0.1, 0.15) is 18.3 Å². The molecule has 0 fully saturated rings. The number of fused-ring (bicyclic) bond motifs is 1. The molecule has 1 atom stereocenters. The molecule has 22 heavy (non-hydrogen) atoms. The van der Waals surface area contributed by atoms with E-state index in [0.29, 0.717) is 17.4 Å². The number of thioether (sulfide) groups is 1. The summed E-state index contributed by atoms with van der Waals surface area (Å²) < 4.78 is 1.47. The zero-order valence-electron chi connectivity index (χ0n) is 12.1. The molecule has 1 aromatic heterocycles. The molecular weight excluding hydrogens is 294 g/mol. The summed E-state index contributed by atoms with van der Waals surface area (Å²) in [6, 6.07) is 16.6. The van der Waals surface area contributed by atoms with Gasteiger partial charge in [-0.1, -0.05) is 54.2 Å². The Morgan fingerprint density at radius 1 is 1.23 bits per heavy atom. The number of rotatable bonds is 4. The summed E-state index contributed by atoms with van der Waals surface area (Å²) in [4.78, 5) is 0. The molecule has 1 heterocycles. The Morgan fingerprint density at radius 2 is 2.00 bits per heavy atom. The minimum absolute atomic E-state index is 0.211. The Hall–Kier alpha value is -2.52. The van der Waals surface area contributed by atoms with Gasteiger partial charge in [0.25, 0.3) is 0 Å². The van der Waals surface area contributed by atoms with Gasteiger partial charge in [-0.15, -0.1) is 10.2 Å². The molecule has 0 aliphatic heterocycles. The first kappa shape index (κ1) is 14.4. The van der Waals surface area contributed by atoms with Crippen LogP contribution < -0.4 is 5.84 Å². The third-order valence-corrected chi connectivity index (χ3v) is 4.38. The van der Waals surface area contributed by atoms with Crippen molar-refractivity contribution in [2.24, 2.45) is 0 Å². The van der Waals surface area contributed by atoms with Crippen LogP contribution in [0.4, 0.5) is 0 Å². The lowest BCUT2D eigenvalue weighted by Gasteiger charge is -2.07. The van der Waals surface area contributed by atoms with Crippen LogP contribution >= 0.6 is 11.8 Å². The maximum absolute atomic E-state index is 8.88. The summed E-state index contributed by atoms with van der Waals surface area (Å²) in [6.07, 6.45) is 0.604. The predicted octanol–water partition coefficient (Wildman–Crippen LogP) is 2.74. The number of aromatic nitrogens is 3. The van der Waals surface area contributed by atoms with Crippen molar-refractivity contribution in [3.63, 3.8) is 0 Å². The van der Waals surface area contributed by atoms with Crippen LogP contribution in [0.2, 0.25) is 0 Å². The summed E-state index contributed by atoms with van der Waals surface area (Å²) in [5.74, 6) is 6.74. The van der Waals surface area contributed by atoms with Crippen LogP contribution in [0.15, 0.2) is 47.6 Å². The van der Waals surface area contributed by atoms with Gasteiger partial charge in [0.05, 0.1) is 11.3 Å². The molecular formula is C16H15N5S. The van der Waals surface area contributed by atoms with E-state index in [1.807, 2.05) is 25.1 Å². The lowest BCUT2D eigenvalue weighted by Crippen LogP contribution is -2.15. The molecule has 2 aromatic carbocycles. The topological polar surface area (TPSA) is 80.5 Å². The lowest BCUT2D eigenvalue weighted by molar-refractivity contribution is 0.805. The minimum Gasteiger partial charge on any atom is -0.336 e. The van der Waals surface area contributed by atoms with Crippen LogP contribution in [0.25, 0.3) is 10.8 Å². The summed E-state index contributed by atoms with van der Waals surface area (Å²) in [5, 5.41) is 19.8. The Kier molecular flexibility index (Phi) is 3.98. The Bertz CT molecular complexity index is 844. The van der Waals surface area contributed by atoms with E-state index in [1.165, 1.54) is 27.2 Å². The summed E-state index contributed by atoms with van der Waals surface area (Å²) in [5.41, 5.74) is 1.15. The zero-order chi connectivity index (χ0) is 15.5. The normalized spacial score (nSPS) is 12.2. The van der Waals surface area contributed by atoms with Crippen LogP contribution in [-0.2, 0) is 6.42 Å². The molecule has 3 rings (SSSR count). The standard InChI is InChI=1S/C16H15N5S/c1-11(10-17)22-16-20-19-15(21(16)18)9-13-7-4-6-12-5-2-3-8-14(12)13/h2-8,11H,9,18H2,1H3/t11-/m0/s1. The molecule has 0 aliphatic rings. The van der Waals surface area contributed by atoms with E-state index in [0.717, 1.165) is 5.56 Å². The number of benzene rings is 2. The van der Waals surface area contributed by atoms with Gasteiger partial charge < -0.3 is 5.84 Å². The number of nitrogens with two attached hydrogens (primary N) is 1. The van der Waals surface area contributed by atoms with Crippen LogP contribution in [0.3, 0.4) is 0 Å². The van der Waals surface area contributed by atoms with Crippen molar-refractivity contribution in [1.82, 2.24) is 14.9 Å². The quantitative estimate of drug-likeness (QED) is 0.592. The van der Waals surface area contributed by atoms with E-state index in [1.54, 1.807) is 0 Å². The molecule has 0 unspecified atom stereocenters. The van der Waals surface area contributed by atoms with Gasteiger partial charge in [0.2, 0.25) is 5.16 Å². The highest BCUT2D eigenvalue weighted by atomic mass is 32.2. The van der Waals surface area contributed by atoms with Crippen molar-refractivity contribution < 1.29 is 0 Å². The first-order valence-corrected chi connectivity index (χ1v) is 7.79. The Morgan fingerprint density at radius 3 is 2.82 bits per heavy atom. The van der Waals surface area contributed by atoms with E-state index < -0.39 is 0 Å². The second-order valence-corrected chi connectivity index (χ2v) is 6.28. The van der Waals surface area contributed by atoms with Gasteiger partial charge in [-0.2, -0.15) is 5.26 Å². The maximum Gasteiger partial charge on any atom is 0.211 e. The molecule has 0 spiro atoms. The Labute approximate surface area is 132 Å². The number of hydrogen-bond acceptors (Lipinski definition) is 5. The van der Waals surface area contributed by atoms with Gasteiger partial charge in [0, 0.05) is 6.42 Å². The maximum atomic E-state index is 8.88. The van der Waals surface area contributed by atoms with Crippen LogP contribution in [-0.4, -0.2) is 20.1 Å². The highest BCUT2D eigenvalue weighted by molar-refractivity contribution is 8.00. The van der Waals surface area contributed by atoms with Crippen molar-refractivity contribution in [2.75, 3.05) is 5.84 Å². The lowest BCUT2D eigenvalue weighted by atomic mass is 10.0. The van der Waals surface area contributed by atoms with Crippen molar-refractivity contribution in [3.05, 3.63) is 53.9 Å². The molecule has 110 valence electrons. The molecule has 5 nitrogen and oxygen atoms in total. The SMILES string of the molecule is C[C@@H](C#N)Sc1nnc(Cc2cccc3ccccc23)n1N. The Balaban J connectivity index is 1.91. The van der Waals surface area contributed by atoms with E-state index in [9.17, 15) is 0 Å². The van der Waals surface area contributed by atoms with Crippen molar-refractivity contribution in [3.8, 4) is 6.07 Å². The fourth-order valence-corrected chi connectivity index (χ4v) is 2.99. The molecule has 3 aromatic rings. The molecule has 0 radical (unpaired) electrons. The molecule has 0 aliphatic carbocycles. The molecule has 0 bridgehead atoms. The summed E-state index contributed by atoms with van der Waals surface area (Å²) in [7, 11) is 0. The van der Waals surface area contributed by atoms with Crippen LogP contribution in [0, 0.1) is 11.3 Å². The highest BCUT2D eigenvalue weighted by Crippen LogP contribution is 2.23. The van der Waals surface area contributed by atoms with Gasteiger partial charge in [0.15, 0.2) is 5.82 Å². The first-order valence-electron chi connectivity index (χ1n) is 6.91. The largest absolute Gasteiger partial charge is 0.336 e. The second kappa shape index (κ2) is 6.08. The van der Waals surface area contributed by atoms with Crippen molar-refractivity contribution in [2.45, 2.75) is 23.8 Å². The minimum atomic E-state index is -0.211. The number of hydrogen-bond donors (Lipinski definition) is 1. The van der Waals surface area contributed by atoms with Gasteiger partial charge in [-0.25, -0.2) is 4.68 Å². The highest BCUT2D eigenvalue weighted by Gasteiger charge is 2.14. The predicted molar refractivity (Wildman–Crippen MR) is 87.9 cm³/mol. The summed E-state index contributed by atoms with van der Waals surface area (Å²) >= 11 is 1.31. The second-order valence-electron chi connectivity index (χ2n) is 4.97. The molecule has 0 saturated heterocycles. The van der Waals surface area contributed by atoms with Crippen molar-refractivity contribution in [1.29, 1.82) is 5.26 Å². The fourth-order valence-electron chi connectivity index (χ4n) is 2.31. The third kappa shape index (κ3) is 2.76. The molecule has 0 saturated carbocycles. The fraction of sp³-hybridized carbons (Fsp3) is 0.188. The average molecular weight is 309 g/mol. The molecule has 0 amide bonds. The van der Waals surface area contributed by atoms with Gasteiger partial charge in [-0.3, -0.25) is 0 Å². The van der Waals surface area contributed by atoms with E-state index in [2.05, 4.69) is 40.5 Å². The van der Waals surface area contributed by atoms with E-state index >= 15 is 0 Å². The zero-order valence-corrected chi connectivity index (χ0v) is 12.9. The van der Waals surface area contributed by atoms with Gasteiger partial charge in [0.1, 0.15) is 0 Å².